The Hall–Kier alpha value is 1.09. The molecule has 0 atom stereocenters. The van der Waals surface area contributed by atoms with Gasteiger partial charge in [-0.2, -0.15) is 0 Å². The Morgan fingerprint density at radius 3 is 1.00 bits per heavy atom. The number of hydrogen-bond donors (Lipinski definition) is 0. The summed E-state index contributed by atoms with van der Waals surface area (Å²) in [5.41, 5.74) is 0. The molecule has 0 N–H and O–H groups in total. The van der Waals surface area contributed by atoms with Gasteiger partial charge >= 0.3 is 0 Å². The molecule has 0 saturated carbocycles. The largest absolute Gasteiger partial charge is 1.00 e. The second-order valence-corrected chi connectivity index (χ2v) is 1.71. The second kappa shape index (κ2) is 32.2. The van der Waals surface area contributed by atoms with Crippen LogP contribution in [0.4, 0.5) is 0 Å². The minimum absolute atomic E-state index is 0. The van der Waals surface area contributed by atoms with Crippen molar-refractivity contribution in [2.24, 2.45) is 0 Å². The van der Waals surface area contributed by atoms with Gasteiger partial charge in [0, 0.05) is 23.9 Å². The molecule has 0 aliphatic heterocycles. The van der Waals surface area contributed by atoms with Crippen LogP contribution in [0.15, 0.2) is 0 Å². The molecule has 0 nitrogen and oxygen atoms in total. The molecule has 0 aliphatic rings. The van der Waals surface area contributed by atoms with Crippen molar-refractivity contribution in [3.05, 3.63) is 13.8 Å². The standard InChI is InChI=1S/2C4H9.ClH.Sn/c2*1-3-4-2;;/h2*1,3-4H2,2H3;1H;/p-1. The van der Waals surface area contributed by atoms with Crippen LogP contribution >= 0.6 is 0 Å². The van der Waals surface area contributed by atoms with Crippen LogP contribution in [-0.2, 0) is 0 Å². The van der Waals surface area contributed by atoms with Crippen molar-refractivity contribution in [3.8, 4) is 0 Å². The fraction of sp³-hybridized carbons (Fsp3) is 0.750. The zero-order valence-corrected chi connectivity index (χ0v) is 10.7. The normalized spacial score (nSPS) is 6.00. The zero-order chi connectivity index (χ0) is 6.83. The van der Waals surface area contributed by atoms with Crippen LogP contribution in [-0.4, -0.2) is 23.9 Å². The van der Waals surface area contributed by atoms with Crippen molar-refractivity contribution >= 4 is 23.9 Å². The third-order valence-corrected chi connectivity index (χ3v) is 0.707. The molecule has 0 aliphatic carbocycles. The first-order valence-corrected chi connectivity index (χ1v) is 3.41. The van der Waals surface area contributed by atoms with Gasteiger partial charge in [-0.1, -0.05) is 53.4 Å². The van der Waals surface area contributed by atoms with Crippen LogP contribution in [0.2, 0.25) is 0 Å². The van der Waals surface area contributed by atoms with Gasteiger partial charge < -0.3 is 12.4 Å². The third kappa shape index (κ3) is 62.3. The van der Waals surface area contributed by atoms with E-state index in [0.29, 0.717) is 0 Å². The summed E-state index contributed by atoms with van der Waals surface area (Å²) in [5.74, 6) is 0. The van der Waals surface area contributed by atoms with E-state index in [4.69, 9.17) is 0 Å². The molecule has 0 rings (SSSR count). The van der Waals surface area contributed by atoms with E-state index in [9.17, 15) is 0 Å². The molecular weight excluding hydrogens is 250 g/mol. The number of halogens is 1. The smallest absolute Gasteiger partial charge is 0 e. The Balaban J connectivity index is -0.0000000300. The maximum atomic E-state index is 3.60. The summed E-state index contributed by atoms with van der Waals surface area (Å²) < 4.78 is 0. The van der Waals surface area contributed by atoms with Crippen LogP contribution in [0.1, 0.15) is 39.5 Å². The summed E-state index contributed by atoms with van der Waals surface area (Å²) in [6.07, 6.45) is 4.56. The maximum absolute atomic E-state index is 3.60. The third-order valence-electron chi connectivity index (χ3n) is 0.707. The van der Waals surface area contributed by atoms with E-state index < -0.39 is 0 Å². The van der Waals surface area contributed by atoms with Gasteiger partial charge in [0.15, 0.2) is 0 Å². The molecule has 2 heteroatoms. The van der Waals surface area contributed by atoms with Crippen LogP contribution < -0.4 is 12.4 Å². The van der Waals surface area contributed by atoms with Gasteiger partial charge in [-0.05, 0) is 0 Å². The predicted octanol–water partition coefficient (Wildman–Crippen LogP) is -0.136. The quantitative estimate of drug-likeness (QED) is 0.612. The molecular formula is C8H18ClSn-. The average Bonchev–Trinajstić information content (AvgIpc) is 1.88. The minimum Gasteiger partial charge on any atom is -1.00 e. The number of unbranched alkanes of at least 4 members (excludes halogenated alkanes) is 2. The Kier molecular flexibility index (Phi) is 72.3. The molecule has 0 heterocycles. The molecule has 0 fully saturated rings. The monoisotopic (exact) mass is 269 g/mol. The summed E-state index contributed by atoms with van der Waals surface area (Å²) in [6.45, 7) is 11.4. The molecule has 0 unspecified atom stereocenters. The molecule has 0 amide bonds. The van der Waals surface area contributed by atoms with Gasteiger partial charge in [0.25, 0.3) is 0 Å². The van der Waals surface area contributed by atoms with E-state index >= 15 is 0 Å². The van der Waals surface area contributed by atoms with Crippen LogP contribution in [0, 0.1) is 13.8 Å². The van der Waals surface area contributed by atoms with Crippen LogP contribution in [0.25, 0.3) is 0 Å². The minimum atomic E-state index is 0. The van der Waals surface area contributed by atoms with E-state index in [1.807, 2.05) is 0 Å². The van der Waals surface area contributed by atoms with Crippen molar-refractivity contribution in [2.75, 3.05) is 0 Å². The summed E-state index contributed by atoms with van der Waals surface area (Å²) in [4.78, 5) is 0. The Morgan fingerprint density at radius 1 is 0.900 bits per heavy atom. The first-order valence-electron chi connectivity index (χ1n) is 3.41. The van der Waals surface area contributed by atoms with Crippen LogP contribution in [0.3, 0.4) is 0 Å². The molecule has 6 radical (unpaired) electrons. The number of rotatable bonds is 2. The van der Waals surface area contributed by atoms with E-state index in [1.54, 1.807) is 0 Å². The van der Waals surface area contributed by atoms with Crippen molar-refractivity contribution in [1.29, 1.82) is 0 Å². The molecule has 0 saturated heterocycles. The Morgan fingerprint density at radius 2 is 1.00 bits per heavy atom. The molecule has 10 heavy (non-hydrogen) atoms. The van der Waals surface area contributed by atoms with Gasteiger partial charge in [-0.3, -0.25) is 0 Å². The first-order chi connectivity index (χ1) is 3.83. The summed E-state index contributed by atoms with van der Waals surface area (Å²) in [7, 11) is 0. The molecule has 62 valence electrons. The molecule has 0 bridgehead atoms. The molecule has 0 aromatic heterocycles. The van der Waals surface area contributed by atoms with Gasteiger partial charge in [0.05, 0.1) is 0 Å². The summed E-state index contributed by atoms with van der Waals surface area (Å²) in [6, 6.07) is 0. The van der Waals surface area contributed by atoms with Crippen molar-refractivity contribution in [1.82, 2.24) is 0 Å². The van der Waals surface area contributed by atoms with Crippen molar-refractivity contribution in [2.45, 2.75) is 39.5 Å². The van der Waals surface area contributed by atoms with Gasteiger partial charge in [0.2, 0.25) is 0 Å². The maximum Gasteiger partial charge on any atom is 0 e. The first kappa shape index (κ1) is 22.5. The Labute approximate surface area is 89.5 Å². The average molecular weight is 268 g/mol. The van der Waals surface area contributed by atoms with E-state index in [2.05, 4.69) is 27.7 Å². The SMILES string of the molecule is [CH2]CCC.[CH2]CCC.[Cl-].[Sn]. The van der Waals surface area contributed by atoms with E-state index in [0.717, 1.165) is 12.8 Å². The van der Waals surface area contributed by atoms with E-state index in [-0.39, 0.29) is 36.3 Å². The fourth-order valence-corrected chi connectivity index (χ4v) is 0. The zero-order valence-electron chi connectivity index (χ0n) is 7.12. The van der Waals surface area contributed by atoms with Gasteiger partial charge in [0.1, 0.15) is 0 Å². The van der Waals surface area contributed by atoms with Crippen LogP contribution in [0.5, 0.6) is 0 Å². The van der Waals surface area contributed by atoms with Crippen molar-refractivity contribution < 1.29 is 12.4 Å². The topological polar surface area (TPSA) is 0 Å². The van der Waals surface area contributed by atoms with E-state index in [1.165, 1.54) is 12.8 Å². The summed E-state index contributed by atoms with van der Waals surface area (Å²) >= 11 is 0. The van der Waals surface area contributed by atoms with Crippen molar-refractivity contribution in [3.63, 3.8) is 0 Å². The van der Waals surface area contributed by atoms with Gasteiger partial charge in [-0.25, -0.2) is 0 Å². The predicted molar refractivity (Wildman–Crippen MR) is 46.3 cm³/mol. The molecule has 0 aromatic rings. The second-order valence-electron chi connectivity index (χ2n) is 1.71. The fourth-order valence-electron chi connectivity index (χ4n) is 0. The molecule has 0 spiro atoms. The Bertz CT molecular complexity index is 17.2. The number of hydrogen-bond acceptors (Lipinski definition) is 0. The molecule has 0 aromatic carbocycles. The van der Waals surface area contributed by atoms with Gasteiger partial charge in [-0.15, -0.1) is 0 Å². The summed E-state index contributed by atoms with van der Waals surface area (Å²) in [5, 5.41) is 0.